The Bertz CT molecular complexity index is 3820. The van der Waals surface area contributed by atoms with Crippen molar-refractivity contribution in [2.75, 3.05) is 4.90 Å². The Morgan fingerprint density at radius 3 is 1.87 bits per heavy atom. The number of hydrogen-bond donors (Lipinski definition) is 0. The molecule has 0 radical (unpaired) electrons. The molecule has 0 saturated heterocycles. The van der Waals surface area contributed by atoms with Gasteiger partial charge in [-0.25, -0.2) is 0 Å². The van der Waals surface area contributed by atoms with Gasteiger partial charge in [-0.15, -0.1) is 0 Å². The van der Waals surface area contributed by atoms with Crippen molar-refractivity contribution in [1.29, 1.82) is 0 Å². The first-order chi connectivity index (χ1) is 33.0. The maximum Gasteiger partial charge on any atom is 0.134 e. The second-order valence-corrected chi connectivity index (χ2v) is 18.8. The summed E-state index contributed by atoms with van der Waals surface area (Å²) in [6.07, 6.45) is 0. The number of aromatic nitrogens is 1. The van der Waals surface area contributed by atoms with Crippen LogP contribution in [0.3, 0.4) is 0 Å². The summed E-state index contributed by atoms with van der Waals surface area (Å²) in [6.45, 7) is 4.73. The SMILES string of the molecule is CC1(C)c2ccccc2-c2ccc(N(c3ccc4c(c3)Oc3ccccc3C43c4ccccc4-n4c5ccccc5c5cccc3c54)c3ccc(-c4ccccc4)cc3-c3ccccc3)cc21. The summed E-state index contributed by atoms with van der Waals surface area (Å²) in [6, 6.07) is 84.9. The van der Waals surface area contributed by atoms with E-state index >= 15 is 0 Å². The summed E-state index contributed by atoms with van der Waals surface area (Å²) in [5, 5.41) is 2.51. The highest BCUT2D eigenvalue weighted by atomic mass is 16.5. The number of rotatable bonds is 5. The molecule has 67 heavy (non-hydrogen) atoms. The summed E-state index contributed by atoms with van der Waals surface area (Å²) < 4.78 is 9.73. The highest BCUT2D eigenvalue weighted by molar-refractivity contribution is 6.12. The van der Waals surface area contributed by atoms with Crippen molar-refractivity contribution < 1.29 is 4.74 Å². The third-order valence-corrected chi connectivity index (χ3v) is 15.0. The molecule has 3 aliphatic rings. The summed E-state index contributed by atoms with van der Waals surface area (Å²) in [5.74, 6) is 1.71. The van der Waals surface area contributed by atoms with E-state index in [1.54, 1.807) is 0 Å². The van der Waals surface area contributed by atoms with Crippen LogP contribution >= 0.6 is 0 Å². The number of ether oxygens (including phenoxy) is 1. The predicted molar refractivity (Wildman–Crippen MR) is 276 cm³/mol. The average Bonchev–Trinajstić information content (AvgIpc) is 3.84. The Morgan fingerprint density at radius 2 is 1.01 bits per heavy atom. The zero-order valence-electron chi connectivity index (χ0n) is 37.2. The molecule has 11 aromatic rings. The van der Waals surface area contributed by atoms with Crippen LogP contribution in [0.2, 0.25) is 0 Å². The first-order valence-electron chi connectivity index (χ1n) is 23.3. The van der Waals surface area contributed by atoms with E-state index in [-0.39, 0.29) is 5.41 Å². The molecule has 3 heteroatoms. The summed E-state index contributed by atoms with van der Waals surface area (Å²) in [7, 11) is 0. The Morgan fingerprint density at radius 1 is 0.388 bits per heavy atom. The number of anilines is 3. The van der Waals surface area contributed by atoms with Crippen molar-refractivity contribution in [1.82, 2.24) is 4.57 Å². The third kappa shape index (κ3) is 5.23. The Kier molecular flexibility index (Phi) is 7.95. The van der Waals surface area contributed by atoms with Gasteiger partial charge in [-0.05, 0) is 98.6 Å². The van der Waals surface area contributed by atoms with Crippen molar-refractivity contribution >= 4 is 38.9 Å². The fourth-order valence-electron chi connectivity index (χ4n) is 12.1. The van der Waals surface area contributed by atoms with Crippen LogP contribution in [-0.2, 0) is 10.8 Å². The lowest BCUT2D eigenvalue weighted by Gasteiger charge is -2.45. The smallest absolute Gasteiger partial charge is 0.134 e. The van der Waals surface area contributed by atoms with Gasteiger partial charge in [0, 0.05) is 50.3 Å². The van der Waals surface area contributed by atoms with Crippen LogP contribution in [0.1, 0.15) is 47.2 Å². The van der Waals surface area contributed by atoms with Crippen LogP contribution in [-0.4, -0.2) is 4.57 Å². The Labute approximate surface area is 390 Å². The molecule has 1 aliphatic carbocycles. The molecule has 10 aromatic carbocycles. The van der Waals surface area contributed by atoms with Crippen molar-refractivity contribution in [2.45, 2.75) is 24.7 Å². The van der Waals surface area contributed by atoms with Crippen LogP contribution in [0.25, 0.3) is 60.9 Å². The monoisotopic (exact) mass is 856 g/mol. The van der Waals surface area contributed by atoms with Crippen LogP contribution in [0.5, 0.6) is 11.5 Å². The number of benzene rings is 10. The second kappa shape index (κ2) is 14.1. The Balaban J connectivity index is 1.05. The third-order valence-electron chi connectivity index (χ3n) is 15.0. The molecule has 0 amide bonds. The van der Waals surface area contributed by atoms with Crippen molar-refractivity contribution in [2.24, 2.45) is 0 Å². The minimum atomic E-state index is -0.663. The largest absolute Gasteiger partial charge is 0.457 e. The van der Waals surface area contributed by atoms with Crippen molar-refractivity contribution in [3.63, 3.8) is 0 Å². The predicted octanol–water partition coefficient (Wildman–Crippen LogP) is 16.7. The first kappa shape index (κ1) is 37.9. The van der Waals surface area contributed by atoms with Gasteiger partial charge in [0.25, 0.3) is 0 Å². The van der Waals surface area contributed by atoms with Gasteiger partial charge in [-0.1, -0.05) is 190 Å². The van der Waals surface area contributed by atoms with E-state index < -0.39 is 5.41 Å². The van der Waals surface area contributed by atoms with Crippen molar-refractivity contribution in [3.05, 3.63) is 264 Å². The molecule has 0 bridgehead atoms. The zero-order valence-corrected chi connectivity index (χ0v) is 37.2. The number of para-hydroxylation sites is 4. The molecule has 3 nitrogen and oxygen atoms in total. The van der Waals surface area contributed by atoms with E-state index in [0.717, 1.165) is 50.8 Å². The standard InChI is InChI=1S/C64H44N2O/c1-63(2)51-25-11-9-22-46(51)47-35-33-44(39-56(47)63)65(58-37-32-43(41-18-5-3-6-19-41)38-50(58)42-20-7-4-8-21-42)45-34-36-54-61(40-45)67-60-31-16-13-27-53(60)64(54)52-26-12-15-30-59(52)66-57-29-14-10-23-48(57)49-24-17-28-55(64)62(49)66/h3-40H,1-2H3. The molecule has 1 atom stereocenters. The van der Waals surface area contributed by atoms with E-state index in [1.165, 1.54) is 72.0 Å². The molecular weight excluding hydrogens is 813 g/mol. The number of nitrogens with zero attached hydrogens (tertiary/aromatic N) is 2. The summed E-state index contributed by atoms with van der Waals surface area (Å²) in [4.78, 5) is 2.46. The maximum absolute atomic E-state index is 7.23. The van der Waals surface area contributed by atoms with E-state index in [4.69, 9.17) is 4.74 Å². The molecule has 316 valence electrons. The average molecular weight is 857 g/mol. The quantitative estimate of drug-likeness (QED) is 0.172. The second-order valence-electron chi connectivity index (χ2n) is 18.8. The fraction of sp³-hybridized carbons (Fsp3) is 0.0625. The minimum absolute atomic E-state index is 0.181. The van der Waals surface area contributed by atoms with Crippen molar-refractivity contribution in [3.8, 4) is 50.6 Å². The van der Waals surface area contributed by atoms with Gasteiger partial charge in [0.15, 0.2) is 0 Å². The van der Waals surface area contributed by atoms with E-state index in [9.17, 15) is 0 Å². The molecule has 0 N–H and O–H groups in total. The van der Waals surface area contributed by atoms with Gasteiger partial charge >= 0.3 is 0 Å². The van der Waals surface area contributed by atoms with Crippen LogP contribution in [0, 0.1) is 0 Å². The van der Waals surface area contributed by atoms with Crippen LogP contribution in [0.15, 0.2) is 231 Å². The molecule has 1 unspecified atom stereocenters. The maximum atomic E-state index is 7.23. The molecule has 14 rings (SSSR count). The Hall–Kier alpha value is -8.40. The van der Waals surface area contributed by atoms with Crippen LogP contribution < -0.4 is 9.64 Å². The van der Waals surface area contributed by atoms with E-state index in [1.807, 2.05) is 0 Å². The molecule has 1 spiro atoms. The number of fused-ring (bicyclic) bond motifs is 14. The molecule has 1 aromatic heterocycles. The summed E-state index contributed by atoms with van der Waals surface area (Å²) in [5.41, 5.74) is 20.7. The molecule has 2 aliphatic heterocycles. The minimum Gasteiger partial charge on any atom is -0.457 e. The first-order valence-corrected chi connectivity index (χ1v) is 23.3. The highest BCUT2D eigenvalue weighted by Crippen LogP contribution is 2.61. The summed E-state index contributed by atoms with van der Waals surface area (Å²) >= 11 is 0. The topological polar surface area (TPSA) is 17.4 Å². The zero-order chi connectivity index (χ0) is 44.4. The number of hydrogen-bond acceptors (Lipinski definition) is 2. The normalized spacial score (nSPS) is 15.6. The lowest BCUT2D eigenvalue weighted by molar-refractivity contribution is 0.434. The van der Waals surface area contributed by atoms with Gasteiger partial charge in [-0.2, -0.15) is 0 Å². The van der Waals surface area contributed by atoms with Crippen LogP contribution in [0.4, 0.5) is 17.1 Å². The van der Waals surface area contributed by atoms with Gasteiger partial charge in [0.2, 0.25) is 0 Å². The van der Waals surface area contributed by atoms with Gasteiger partial charge in [-0.3, -0.25) is 0 Å². The van der Waals surface area contributed by atoms with E-state index in [0.29, 0.717) is 0 Å². The highest BCUT2D eigenvalue weighted by Gasteiger charge is 2.50. The molecule has 3 heterocycles. The fourth-order valence-corrected chi connectivity index (χ4v) is 12.1. The van der Waals surface area contributed by atoms with Gasteiger partial charge in [0.1, 0.15) is 11.5 Å². The van der Waals surface area contributed by atoms with Gasteiger partial charge < -0.3 is 14.2 Å². The van der Waals surface area contributed by atoms with E-state index in [2.05, 4.69) is 254 Å². The lowest BCUT2D eigenvalue weighted by Crippen LogP contribution is -2.37. The lowest BCUT2D eigenvalue weighted by atomic mass is 9.62. The molecule has 0 fully saturated rings. The molecule has 0 saturated carbocycles. The molecular formula is C64H44N2O. The van der Waals surface area contributed by atoms with Gasteiger partial charge in [0.05, 0.1) is 27.8 Å².